The lowest BCUT2D eigenvalue weighted by Crippen LogP contribution is -2.50. The molecule has 86 valence electrons. The zero-order valence-electron chi connectivity index (χ0n) is 10.1. The highest BCUT2D eigenvalue weighted by atomic mass is 16.2. The van der Waals surface area contributed by atoms with Crippen LogP contribution < -0.4 is 0 Å². The molecule has 0 aromatic carbocycles. The van der Waals surface area contributed by atoms with Crippen molar-refractivity contribution in [3.05, 3.63) is 12.7 Å². The van der Waals surface area contributed by atoms with Crippen LogP contribution in [0.15, 0.2) is 12.7 Å². The zero-order valence-corrected chi connectivity index (χ0v) is 10.1. The minimum Gasteiger partial charge on any atom is -0.338 e. The van der Waals surface area contributed by atoms with Crippen LogP contribution in [0.1, 0.15) is 26.7 Å². The van der Waals surface area contributed by atoms with E-state index in [4.69, 9.17) is 0 Å². The summed E-state index contributed by atoms with van der Waals surface area (Å²) in [6, 6.07) is 1.04. The quantitative estimate of drug-likeness (QED) is 0.659. The van der Waals surface area contributed by atoms with E-state index in [1.54, 1.807) is 0 Å². The number of rotatable bonds is 3. The molecule has 1 heterocycles. The monoisotopic (exact) mass is 210 g/mol. The van der Waals surface area contributed by atoms with Gasteiger partial charge in [0, 0.05) is 25.2 Å². The smallest absolute Gasteiger partial charge is 0.246 e. The van der Waals surface area contributed by atoms with Crippen molar-refractivity contribution in [2.75, 3.05) is 20.1 Å². The summed E-state index contributed by atoms with van der Waals surface area (Å²) in [5.41, 5.74) is 0. The molecule has 1 saturated heterocycles. The molecule has 0 aromatic heterocycles. The van der Waals surface area contributed by atoms with Crippen molar-refractivity contribution in [3.63, 3.8) is 0 Å². The summed E-state index contributed by atoms with van der Waals surface area (Å²) in [5, 5.41) is 0. The molecule has 1 amide bonds. The molecule has 3 nitrogen and oxygen atoms in total. The van der Waals surface area contributed by atoms with E-state index < -0.39 is 0 Å². The average Bonchev–Trinajstić information content (AvgIpc) is 2.27. The van der Waals surface area contributed by atoms with Gasteiger partial charge in [0.2, 0.25) is 5.91 Å². The predicted molar refractivity (Wildman–Crippen MR) is 62.7 cm³/mol. The van der Waals surface area contributed by atoms with Crippen molar-refractivity contribution >= 4 is 5.91 Å². The Morgan fingerprint density at radius 1 is 1.60 bits per heavy atom. The highest BCUT2D eigenvalue weighted by Crippen LogP contribution is 2.16. The molecule has 0 N–H and O–H groups in total. The lowest BCUT2D eigenvalue weighted by Gasteiger charge is -2.39. The highest BCUT2D eigenvalue weighted by Gasteiger charge is 2.25. The van der Waals surface area contributed by atoms with Gasteiger partial charge in [0.25, 0.3) is 0 Å². The minimum absolute atomic E-state index is 0.0665. The minimum atomic E-state index is 0.0665. The highest BCUT2D eigenvalue weighted by molar-refractivity contribution is 5.87. The lowest BCUT2D eigenvalue weighted by molar-refractivity contribution is -0.128. The number of carbonyl (C=O) groups excluding carboxylic acids is 1. The van der Waals surface area contributed by atoms with Crippen LogP contribution in [0.4, 0.5) is 0 Å². The second-order valence-corrected chi connectivity index (χ2v) is 4.54. The van der Waals surface area contributed by atoms with Crippen molar-refractivity contribution in [2.45, 2.75) is 38.8 Å². The van der Waals surface area contributed by atoms with Crippen LogP contribution in [0.25, 0.3) is 0 Å². The van der Waals surface area contributed by atoms with Gasteiger partial charge in [-0.1, -0.05) is 6.58 Å². The van der Waals surface area contributed by atoms with Gasteiger partial charge in [0.15, 0.2) is 0 Å². The van der Waals surface area contributed by atoms with E-state index >= 15 is 0 Å². The van der Waals surface area contributed by atoms with E-state index in [1.165, 1.54) is 12.5 Å². The van der Waals surface area contributed by atoms with Crippen LogP contribution in [-0.4, -0.2) is 47.9 Å². The number of hydrogen-bond donors (Lipinski definition) is 0. The van der Waals surface area contributed by atoms with Crippen LogP contribution >= 0.6 is 0 Å². The van der Waals surface area contributed by atoms with Gasteiger partial charge in [0.1, 0.15) is 0 Å². The maximum Gasteiger partial charge on any atom is 0.246 e. The normalized spacial score (nSPS) is 22.2. The number of likely N-dealkylation sites (tertiary alicyclic amines) is 1. The maximum atomic E-state index is 11.5. The van der Waals surface area contributed by atoms with Gasteiger partial charge in [0.05, 0.1) is 0 Å². The fraction of sp³-hybridized carbons (Fsp3) is 0.750. The van der Waals surface area contributed by atoms with Gasteiger partial charge in [-0.25, -0.2) is 0 Å². The number of amides is 1. The Bertz CT molecular complexity index is 238. The molecule has 1 rings (SSSR count). The van der Waals surface area contributed by atoms with Crippen LogP contribution in [0.5, 0.6) is 0 Å². The van der Waals surface area contributed by atoms with Crippen molar-refractivity contribution < 1.29 is 4.79 Å². The molecular formula is C12H22N2O. The molecule has 0 bridgehead atoms. The van der Waals surface area contributed by atoms with E-state index in [9.17, 15) is 4.79 Å². The van der Waals surface area contributed by atoms with Crippen molar-refractivity contribution in [3.8, 4) is 0 Å². The molecule has 0 aromatic rings. The summed E-state index contributed by atoms with van der Waals surface area (Å²) in [6.45, 7) is 9.64. The van der Waals surface area contributed by atoms with Crippen LogP contribution in [0.2, 0.25) is 0 Å². The third-order valence-electron chi connectivity index (χ3n) is 3.27. The summed E-state index contributed by atoms with van der Waals surface area (Å²) in [7, 11) is 2.14. The number of hydrogen-bond acceptors (Lipinski definition) is 2. The second-order valence-electron chi connectivity index (χ2n) is 4.54. The molecule has 1 aliphatic heterocycles. The largest absolute Gasteiger partial charge is 0.338 e. The molecule has 0 spiro atoms. The van der Waals surface area contributed by atoms with Gasteiger partial charge in [-0.15, -0.1) is 0 Å². The maximum absolute atomic E-state index is 11.5. The van der Waals surface area contributed by atoms with Gasteiger partial charge >= 0.3 is 0 Å². The zero-order chi connectivity index (χ0) is 11.4. The van der Waals surface area contributed by atoms with Gasteiger partial charge < -0.3 is 4.90 Å². The molecule has 1 atom stereocenters. The molecule has 3 heteroatoms. The SMILES string of the molecule is C=CC(=O)N1CCC[C@H](N(C)C(C)C)C1. The first-order valence-electron chi connectivity index (χ1n) is 5.69. The van der Waals surface area contributed by atoms with Gasteiger partial charge in [-0.2, -0.15) is 0 Å². The third kappa shape index (κ3) is 3.06. The number of likely N-dealkylation sites (N-methyl/N-ethyl adjacent to an activating group) is 1. The number of nitrogens with zero attached hydrogens (tertiary/aromatic N) is 2. The van der Waals surface area contributed by atoms with Crippen molar-refractivity contribution in [1.29, 1.82) is 0 Å². The van der Waals surface area contributed by atoms with Crippen LogP contribution in [0.3, 0.4) is 0 Å². The molecule has 0 saturated carbocycles. The van der Waals surface area contributed by atoms with Gasteiger partial charge in [-0.05, 0) is 39.8 Å². The van der Waals surface area contributed by atoms with Crippen molar-refractivity contribution in [1.82, 2.24) is 9.80 Å². The van der Waals surface area contributed by atoms with Crippen LogP contribution in [0, 0.1) is 0 Å². The van der Waals surface area contributed by atoms with E-state index in [1.807, 2.05) is 4.90 Å². The van der Waals surface area contributed by atoms with E-state index in [0.29, 0.717) is 12.1 Å². The summed E-state index contributed by atoms with van der Waals surface area (Å²) in [6.07, 6.45) is 3.70. The van der Waals surface area contributed by atoms with E-state index in [-0.39, 0.29) is 5.91 Å². The topological polar surface area (TPSA) is 23.6 Å². The Labute approximate surface area is 92.7 Å². The molecule has 15 heavy (non-hydrogen) atoms. The van der Waals surface area contributed by atoms with Crippen molar-refractivity contribution in [2.24, 2.45) is 0 Å². The molecule has 1 fully saturated rings. The summed E-state index contributed by atoms with van der Waals surface area (Å²) in [5.74, 6) is 0.0665. The predicted octanol–water partition coefficient (Wildman–Crippen LogP) is 1.50. The third-order valence-corrected chi connectivity index (χ3v) is 3.27. The van der Waals surface area contributed by atoms with E-state index in [0.717, 1.165) is 19.5 Å². The number of carbonyl (C=O) groups is 1. The second kappa shape index (κ2) is 5.31. The lowest BCUT2D eigenvalue weighted by atomic mass is 10.0. The Morgan fingerprint density at radius 2 is 2.27 bits per heavy atom. The first-order valence-corrected chi connectivity index (χ1v) is 5.69. The molecule has 0 aliphatic carbocycles. The summed E-state index contributed by atoms with van der Waals surface area (Å²) < 4.78 is 0. The van der Waals surface area contributed by atoms with Crippen LogP contribution in [-0.2, 0) is 4.79 Å². The fourth-order valence-electron chi connectivity index (χ4n) is 2.04. The molecular weight excluding hydrogens is 188 g/mol. The Hall–Kier alpha value is -0.830. The first kappa shape index (κ1) is 12.2. The average molecular weight is 210 g/mol. The van der Waals surface area contributed by atoms with Gasteiger partial charge in [-0.3, -0.25) is 9.69 Å². The fourth-order valence-corrected chi connectivity index (χ4v) is 2.04. The Morgan fingerprint density at radius 3 is 2.80 bits per heavy atom. The molecule has 1 aliphatic rings. The first-order chi connectivity index (χ1) is 7.06. The Kier molecular flexibility index (Phi) is 4.33. The standard InChI is InChI=1S/C12H22N2O/c1-5-12(15)14-8-6-7-11(9-14)13(4)10(2)3/h5,10-11H,1,6-9H2,2-4H3/t11-/m0/s1. The Balaban J connectivity index is 2.55. The summed E-state index contributed by atoms with van der Waals surface area (Å²) in [4.78, 5) is 15.7. The number of piperidine rings is 1. The molecule has 0 radical (unpaired) electrons. The summed E-state index contributed by atoms with van der Waals surface area (Å²) >= 11 is 0. The van der Waals surface area contributed by atoms with E-state index in [2.05, 4.69) is 32.4 Å². The molecule has 0 unspecified atom stereocenters.